The molecule has 1 unspecified atom stereocenters. The molecule has 6 rings (SSSR count). The highest BCUT2D eigenvalue weighted by Gasteiger charge is 2.38. The third kappa shape index (κ3) is 2.57. The van der Waals surface area contributed by atoms with Crippen LogP contribution in [0.15, 0.2) is 94.7 Å². The van der Waals surface area contributed by atoms with Crippen LogP contribution in [-0.2, 0) is 0 Å². The summed E-state index contributed by atoms with van der Waals surface area (Å²) in [6, 6.07) is 23.0. The second-order valence-electron chi connectivity index (χ2n) is 8.81. The summed E-state index contributed by atoms with van der Waals surface area (Å²) in [5.74, 6) is 0.903. The van der Waals surface area contributed by atoms with Gasteiger partial charge >= 0.3 is 0 Å². The van der Waals surface area contributed by atoms with E-state index in [9.17, 15) is 0 Å². The highest BCUT2D eigenvalue weighted by molar-refractivity contribution is 6.18. The van der Waals surface area contributed by atoms with Crippen LogP contribution in [0, 0.1) is 11.3 Å². The highest BCUT2D eigenvalue weighted by atomic mass is 15.2. The zero-order valence-electron chi connectivity index (χ0n) is 17.1. The van der Waals surface area contributed by atoms with Gasteiger partial charge in [0.05, 0.1) is 28.1 Å². The van der Waals surface area contributed by atoms with Gasteiger partial charge in [-0.2, -0.15) is 0 Å². The molecule has 0 radical (unpaired) electrons. The van der Waals surface area contributed by atoms with Crippen LogP contribution in [0.2, 0.25) is 0 Å². The third-order valence-electron chi connectivity index (χ3n) is 6.11. The maximum absolute atomic E-state index is 5.13. The van der Waals surface area contributed by atoms with Crippen molar-refractivity contribution >= 4 is 33.5 Å². The average Bonchev–Trinajstić information content (AvgIpc) is 3.26. The zero-order chi connectivity index (χ0) is 20.3. The number of allylic oxidation sites excluding steroid dienone is 2. The molecule has 0 amide bonds. The average molecular weight is 390 g/mol. The molecule has 1 aliphatic heterocycles. The van der Waals surface area contributed by atoms with Gasteiger partial charge in [-0.3, -0.25) is 9.55 Å². The van der Waals surface area contributed by atoms with Crippen LogP contribution in [0.5, 0.6) is 0 Å². The summed E-state index contributed by atoms with van der Waals surface area (Å²) < 4.78 is 2.19. The lowest BCUT2D eigenvalue weighted by atomic mass is 9.87. The Morgan fingerprint density at radius 1 is 0.833 bits per heavy atom. The fourth-order valence-electron chi connectivity index (χ4n) is 4.85. The van der Waals surface area contributed by atoms with Crippen molar-refractivity contribution < 1.29 is 0 Å². The fraction of sp³-hybridized carbons (Fsp3) is 0.192. The maximum Gasteiger partial charge on any atom is 0.235 e. The summed E-state index contributed by atoms with van der Waals surface area (Å²) in [4.78, 5) is 14.8. The molecule has 30 heavy (non-hydrogen) atoms. The molecule has 146 valence electrons. The van der Waals surface area contributed by atoms with Crippen molar-refractivity contribution in [1.29, 1.82) is 0 Å². The Morgan fingerprint density at radius 2 is 1.50 bits per heavy atom. The number of pyridine rings is 1. The van der Waals surface area contributed by atoms with E-state index >= 15 is 0 Å². The van der Waals surface area contributed by atoms with Crippen LogP contribution in [0.3, 0.4) is 0 Å². The Bertz CT molecular complexity index is 1330. The number of aromatic nitrogens is 2. The van der Waals surface area contributed by atoms with Gasteiger partial charge in [-0.05, 0) is 36.1 Å². The van der Waals surface area contributed by atoms with Crippen molar-refractivity contribution in [3.8, 4) is 0 Å². The van der Waals surface area contributed by atoms with E-state index in [0.29, 0.717) is 5.96 Å². The van der Waals surface area contributed by atoms with Crippen LogP contribution in [-0.4, -0.2) is 21.2 Å². The first kappa shape index (κ1) is 17.3. The number of rotatable bonds is 1. The van der Waals surface area contributed by atoms with Gasteiger partial charge in [0.25, 0.3) is 0 Å². The van der Waals surface area contributed by atoms with E-state index in [2.05, 4.69) is 84.1 Å². The lowest BCUT2D eigenvalue weighted by Crippen LogP contribution is -2.26. The van der Waals surface area contributed by atoms with Crippen molar-refractivity contribution in [2.75, 3.05) is 0 Å². The smallest absolute Gasteiger partial charge is 0.235 e. The van der Waals surface area contributed by atoms with E-state index in [-0.39, 0.29) is 11.3 Å². The number of aliphatic imine (C=N–C) groups is 2. The first-order valence-corrected chi connectivity index (χ1v) is 10.4. The van der Waals surface area contributed by atoms with Gasteiger partial charge in [-0.1, -0.05) is 62.4 Å². The molecule has 0 fully saturated rings. The largest absolute Gasteiger partial charge is 0.278 e. The number of para-hydroxylation sites is 2. The van der Waals surface area contributed by atoms with Gasteiger partial charge in [0.1, 0.15) is 0 Å². The molecular weight excluding hydrogens is 368 g/mol. The van der Waals surface area contributed by atoms with Gasteiger partial charge in [0, 0.05) is 22.9 Å². The molecule has 4 aromatic rings. The van der Waals surface area contributed by atoms with Gasteiger partial charge in [0.15, 0.2) is 0 Å². The standard InChI is InChI=1S/C26H22N4/c1-26(2)15-19-21(16-26)28-25(29-24(19)20-11-7-8-14-27-20)30-22-12-5-3-9-17(22)18-10-4-6-13-23(18)30/h3-14,16,19H,15H2,1-2H3. The third-order valence-corrected chi connectivity index (χ3v) is 6.11. The molecule has 2 aromatic heterocycles. The van der Waals surface area contributed by atoms with Crippen LogP contribution in [0.1, 0.15) is 26.0 Å². The Labute approximate surface area is 175 Å². The minimum atomic E-state index is 0.0926. The van der Waals surface area contributed by atoms with Crippen LogP contribution in [0.4, 0.5) is 0 Å². The summed E-state index contributed by atoms with van der Waals surface area (Å²) in [6.45, 7) is 4.54. The minimum absolute atomic E-state index is 0.0926. The van der Waals surface area contributed by atoms with Crippen molar-refractivity contribution in [3.63, 3.8) is 0 Å². The molecule has 4 nitrogen and oxygen atoms in total. The van der Waals surface area contributed by atoms with Gasteiger partial charge in [0.2, 0.25) is 5.96 Å². The predicted octanol–water partition coefficient (Wildman–Crippen LogP) is 5.83. The molecule has 2 aliphatic rings. The lowest BCUT2D eigenvalue weighted by Gasteiger charge is -2.23. The Kier molecular flexibility index (Phi) is 3.60. The van der Waals surface area contributed by atoms with Crippen LogP contribution >= 0.6 is 0 Å². The summed E-state index contributed by atoms with van der Waals surface area (Å²) in [5, 5.41) is 2.43. The van der Waals surface area contributed by atoms with E-state index in [1.54, 1.807) is 0 Å². The van der Waals surface area contributed by atoms with Crippen molar-refractivity contribution in [1.82, 2.24) is 9.55 Å². The monoisotopic (exact) mass is 390 g/mol. The fourth-order valence-corrected chi connectivity index (χ4v) is 4.85. The van der Waals surface area contributed by atoms with Crippen molar-refractivity contribution in [3.05, 3.63) is 90.4 Å². The summed E-state index contributed by atoms with van der Waals surface area (Å²) >= 11 is 0. The molecule has 3 heterocycles. The molecule has 2 aromatic carbocycles. The first-order valence-electron chi connectivity index (χ1n) is 10.4. The molecule has 1 atom stereocenters. The minimum Gasteiger partial charge on any atom is -0.278 e. The first-order chi connectivity index (χ1) is 14.6. The van der Waals surface area contributed by atoms with E-state index in [1.165, 1.54) is 10.8 Å². The van der Waals surface area contributed by atoms with E-state index in [1.807, 2.05) is 18.3 Å². The highest BCUT2D eigenvalue weighted by Crippen LogP contribution is 2.43. The molecule has 0 bridgehead atoms. The molecule has 0 saturated heterocycles. The summed E-state index contributed by atoms with van der Waals surface area (Å²) in [7, 11) is 0. The number of hydrogen-bond acceptors (Lipinski definition) is 3. The predicted molar refractivity (Wildman–Crippen MR) is 123 cm³/mol. The van der Waals surface area contributed by atoms with Gasteiger partial charge < -0.3 is 0 Å². The lowest BCUT2D eigenvalue weighted by molar-refractivity contribution is 0.445. The van der Waals surface area contributed by atoms with E-state index < -0.39 is 0 Å². The van der Waals surface area contributed by atoms with E-state index in [0.717, 1.165) is 34.6 Å². The number of fused-ring (bicyclic) bond motifs is 4. The molecule has 0 spiro atoms. The van der Waals surface area contributed by atoms with E-state index in [4.69, 9.17) is 9.98 Å². The maximum atomic E-state index is 5.13. The molecule has 4 heteroatoms. The quantitative estimate of drug-likeness (QED) is 0.403. The second-order valence-corrected chi connectivity index (χ2v) is 8.81. The Hall–Kier alpha value is -3.53. The normalized spacial score (nSPS) is 20.1. The van der Waals surface area contributed by atoms with Crippen molar-refractivity contribution in [2.45, 2.75) is 20.3 Å². The summed E-state index contributed by atoms with van der Waals surface area (Å²) in [5.41, 5.74) is 5.39. The molecule has 1 aliphatic carbocycles. The number of hydrogen-bond donors (Lipinski definition) is 0. The topological polar surface area (TPSA) is 42.5 Å². The Balaban J connectivity index is 1.65. The zero-order valence-corrected chi connectivity index (χ0v) is 17.1. The Morgan fingerprint density at radius 3 is 2.17 bits per heavy atom. The van der Waals surface area contributed by atoms with Crippen LogP contribution < -0.4 is 0 Å². The SMILES string of the molecule is CC1(C)C=C2N=C(n3c4ccccc4c4ccccc43)N=C(c3ccccn3)C2C1. The molecule has 0 saturated carbocycles. The van der Waals surface area contributed by atoms with Crippen LogP contribution in [0.25, 0.3) is 21.8 Å². The number of nitrogens with zero attached hydrogens (tertiary/aromatic N) is 4. The van der Waals surface area contributed by atoms with Gasteiger partial charge in [-0.15, -0.1) is 0 Å². The van der Waals surface area contributed by atoms with Crippen molar-refractivity contribution in [2.24, 2.45) is 21.3 Å². The molecular formula is C26H22N4. The number of benzene rings is 2. The second kappa shape index (κ2) is 6.23. The molecule has 0 N–H and O–H groups in total. The summed E-state index contributed by atoms with van der Waals surface area (Å²) in [6.07, 6.45) is 5.15. The van der Waals surface area contributed by atoms with Gasteiger partial charge in [-0.25, -0.2) is 9.98 Å².